The van der Waals surface area contributed by atoms with Gasteiger partial charge in [0.25, 0.3) is 15.9 Å². The van der Waals surface area contributed by atoms with Crippen LogP contribution < -0.4 is 14.4 Å². The molecule has 9 nitrogen and oxygen atoms in total. The van der Waals surface area contributed by atoms with Gasteiger partial charge in [-0.05, 0) is 61.7 Å². The average Bonchev–Trinajstić information content (AvgIpc) is 3.36. The van der Waals surface area contributed by atoms with E-state index in [9.17, 15) is 26.4 Å². The molecule has 37 heavy (non-hydrogen) atoms. The SMILES string of the molecule is COc1ccc(NC(=O)c2cnc(C(F)(F)F)[nH]2)cc1S(=O)(=O)N(CCCCCO)c1ccc(Br)cc1. The number of alkyl halides is 3. The van der Waals surface area contributed by atoms with E-state index < -0.39 is 33.6 Å². The number of amides is 1. The summed E-state index contributed by atoms with van der Waals surface area (Å²) in [6.07, 6.45) is -2.44. The molecule has 1 heterocycles. The molecule has 0 fully saturated rings. The smallest absolute Gasteiger partial charge is 0.449 e. The zero-order valence-corrected chi connectivity index (χ0v) is 22.0. The number of nitrogens with one attached hydrogen (secondary N) is 2. The number of carbonyl (C=O) groups is 1. The van der Waals surface area contributed by atoms with Gasteiger partial charge in [0.2, 0.25) is 5.82 Å². The topological polar surface area (TPSA) is 125 Å². The molecule has 0 spiro atoms. The minimum Gasteiger partial charge on any atom is -0.495 e. The molecule has 200 valence electrons. The normalized spacial score (nSPS) is 11.8. The van der Waals surface area contributed by atoms with Gasteiger partial charge in [-0.1, -0.05) is 15.9 Å². The Morgan fingerprint density at radius 3 is 2.46 bits per heavy atom. The van der Waals surface area contributed by atoms with E-state index in [1.54, 1.807) is 24.3 Å². The fraction of sp³-hybridized carbons (Fsp3) is 0.304. The molecule has 3 rings (SSSR count). The number of sulfonamides is 1. The Labute approximate surface area is 219 Å². The lowest BCUT2D eigenvalue weighted by Crippen LogP contribution is -2.32. The summed E-state index contributed by atoms with van der Waals surface area (Å²) in [6, 6.07) is 10.5. The number of aliphatic hydroxyl groups excluding tert-OH is 1. The molecule has 0 saturated heterocycles. The molecule has 0 bridgehead atoms. The van der Waals surface area contributed by atoms with Gasteiger partial charge in [-0.15, -0.1) is 0 Å². The van der Waals surface area contributed by atoms with Crippen LogP contribution in [0.15, 0.2) is 58.0 Å². The second-order valence-corrected chi connectivity index (χ2v) is 10.5. The molecule has 0 atom stereocenters. The molecule has 3 N–H and O–H groups in total. The number of aromatic amines is 1. The van der Waals surface area contributed by atoms with Gasteiger partial charge in [0, 0.05) is 23.3 Å². The maximum Gasteiger partial charge on any atom is 0.449 e. The Morgan fingerprint density at radius 1 is 1.16 bits per heavy atom. The van der Waals surface area contributed by atoms with Crippen LogP contribution in [0.5, 0.6) is 5.75 Å². The lowest BCUT2D eigenvalue weighted by Gasteiger charge is -2.26. The van der Waals surface area contributed by atoms with E-state index >= 15 is 0 Å². The van der Waals surface area contributed by atoms with Crippen LogP contribution in [-0.2, 0) is 16.2 Å². The second-order valence-electron chi connectivity index (χ2n) is 7.80. The zero-order chi connectivity index (χ0) is 27.2. The first kappa shape index (κ1) is 28.5. The molecule has 0 aliphatic heterocycles. The monoisotopic (exact) mass is 604 g/mol. The van der Waals surface area contributed by atoms with E-state index in [0.717, 1.165) is 10.7 Å². The molecular formula is C23H24BrF3N4O5S. The van der Waals surface area contributed by atoms with Crippen molar-refractivity contribution in [2.75, 3.05) is 29.9 Å². The van der Waals surface area contributed by atoms with Crippen LogP contribution in [0.3, 0.4) is 0 Å². The number of anilines is 2. The summed E-state index contributed by atoms with van der Waals surface area (Å²) < 4.78 is 73.3. The standard InChI is InChI=1S/C23H24BrF3N4O5S/c1-36-19-10-7-16(29-21(33)18-14-28-22(30-18)23(25,26)27)13-20(19)37(34,35)31(11-3-2-4-12-32)17-8-5-15(24)6-9-17/h5-10,13-14,32H,2-4,11-12H2,1H3,(H,28,30)(H,29,33). The number of methoxy groups -OCH3 is 1. The molecule has 0 saturated carbocycles. The van der Waals surface area contributed by atoms with Crippen LogP contribution in [0.4, 0.5) is 24.5 Å². The third-order valence-corrected chi connectivity index (χ3v) is 7.59. The van der Waals surface area contributed by atoms with E-state index in [1.165, 1.54) is 29.6 Å². The number of hydrogen-bond acceptors (Lipinski definition) is 6. The summed E-state index contributed by atoms with van der Waals surface area (Å²) in [4.78, 5) is 17.3. The third kappa shape index (κ3) is 7.02. The van der Waals surface area contributed by atoms with Gasteiger partial charge in [0.05, 0.1) is 19.0 Å². The van der Waals surface area contributed by atoms with Crippen molar-refractivity contribution < 1.29 is 36.2 Å². The highest BCUT2D eigenvalue weighted by Crippen LogP contribution is 2.33. The van der Waals surface area contributed by atoms with Crippen molar-refractivity contribution in [3.63, 3.8) is 0 Å². The molecule has 0 radical (unpaired) electrons. The average molecular weight is 605 g/mol. The van der Waals surface area contributed by atoms with Gasteiger partial charge in [-0.3, -0.25) is 9.10 Å². The number of aliphatic hydroxyl groups is 1. The molecular weight excluding hydrogens is 581 g/mol. The summed E-state index contributed by atoms with van der Waals surface area (Å²) in [5, 5.41) is 11.4. The maximum absolute atomic E-state index is 13.8. The fourth-order valence-corrected chi connectivity index (χ4v) is 5.35. The lowest BCUT2D eigenvalue weighted by molar-refractivity contribution is -0.144. The van der Waals surface area contributed by atoms with Crippen molar-refractivity contribution in [3.8, 4) is 5.75 Å². The first-order valence-electron chi connectivity index (χ1n) is 11.0. The quantitative estimate of drug-likeness (QED) is 0.270. The van der Waals surface area contributed by atoms with E-state index in [-0.39, 0.29) is 29.5 Å². The molecule has 1 amide bonds. The largest absolute Gasteiger partial charge is 0.495 e. The summed E-state index contributed by atoms with van der Waals surface area (Å²) in [5.41, 5.74) is -0.0441. The molecule has 3 aromatic rings. The number of imidazole rings is 1. The van der Waals surface area contributed by atoms with Gasteiger partial charge < -0.3 is 20.1 Å². The zero-order valence-electron chi connectivity index (χ0n) is 19.5. The number of hydrogen-bond donors (Lipinski definition) is 3. The van der Waals surface area contributed by atoms with Crippen LogP contribution in [0.1, 0.15) is 35.6 Å². The maximum atomic E-state index is 13.8. The summed E-state index contributed by atoms with van der Waals surface area (Å²) in [6.45, 7) is 0.0967. The van der Waals surface area contributed by atoms with E-state index in [0.29, 0.717) is 24.9 Å². The minimum atomic E-state index is -4.76. The summed E-state index contributed by atoms with van der Waals surface area (Å²) >= 11 is 3.32. The van der Waals surface area contributed by atoms with Crippen molar-refractivity contribution in [3.05, 3.63) is 64.7 Å². The number of carbonyl (C=O) groups excluding carboxylic acids is 1. The van der Waals surface area contributed by atoms with Crippen LogP contribution in [-0.4, -0.2) is 49.7 Å². The number of nitrogens with zero attached hydrogens (tertiary/aromatic N) is 2. The van der Waals surface area contributed by atoms with Crippen molar-refractivity contribution in [1.29, 1.82) is 0 Å². The highest BCUT2D eigenvalue weighted by molar-refractivity contribution is 9.10. The fourth-order valence-electron chi connectivity index (χ4n) is 3.39. The van der Waals surface area contributed by atoms with Crippen LogP contribution >= 0.6 is 15.9 Å². The molecule has 0 aliphatic carbocycles. The number of unbranched alkanes of at least 4 members (excludes halogenated alkanes) is 2. The number of halogens is 4. The highest BCUT2D eigenvalue weighted by atomic mass is 79.9. The molecule has 0 aliphatic rings. The predicted octanol–water partition coefficient (Wildman–Crippen LogP) is 4.81. The number of benzene rings is 2. The summed E-state index contributed by atoms with van der Waals surface area (Å²) in [5.74, 6) is -2.26. The Hall–Kier alpha value is -3.10. The van der Waals surface area contributed by atoms with Crippen molar-refractivity contribution in [2.24, 2.45) is 0 Å². The number of aromatic nitrogens is 2. The highest BCUT2D eigenvalue weighted by Gasteiger charge is 2.35. The Kier molecular flexibility index (Phi) is 9.21. The van der Waals surface area contributed by atoms with Gasteiger partial charge >= 0.3 is 6.18 Å². The number of rotatable bonds is 11. The Bertz CT molecular complexity index is 1330. The molecule has 0 unspecified atom stereocenters. The second kappa shape index (κ2) is 12.0. The third-order valence-electron chi connectivity index (χ3n) is 5.21. The van der Waals surface area contributed by atoms with Gasteiger partial charge in [0.1, 0.15) is 16.3 Å². The van der Waals surface area contributed by atoms with Crippen molar-refractivity contribution >= 4 is 43.2 Å². The van der Waals surface area contributed by atoms with Crippen molar-refractivity contribution in [2.45, 2.75) is 30.3 Å². The van der Waals surface area contributed by atoms with Crippen LogP contribution in [0.25, 0.3) is 0 Å². The van der Waals surface area contributed by atoms with E-state index in [4.69, 9.17) is 9.84 Å². The Morgan fingerprint density at radius 2 is 1.86 bits per heavy atom. The predicted molar refractivity (Wildman–Crippen MR) is 134 cm³/mol. The number of ether oxygens (including phenoxy) is 1. The summed E-state index contributed by atoms with van der Waals surface area (Å²) in [7, 11) is -2.93. The minimum absolute atomic E-state index is 0.0105. The van der Waals surface area contributed by atoms with Gasteiger partial charge in [-0.2, -0.15) is 13.2 Å². The van der Waals surface area contributed by atoms with Crippen LogP contribution in [0.2, 0.25) is 0 Å². The molecule has 2 aromatic carbocycles. The van der Waals surface area contributed by atoms with Crippen LogP contribution in [0, 0.1) is 0 Å². The molecule has 1 aromatic heterocycles. The number of H-pyrrole nitrogens is 1. The van der Waals surface area contributed by atoms with E-state index in [2.05, 4.69) is 26.2 Å². The molecule has 14 heteroatoms. The van der Waals surface area contributed by atoms with Gasteiger partial charge in [0.15, 0.2) is 0 Å². The Balaban J connectivity index is 1.95. The van der Waals surface area contributed by atoms with Gasteiger partial charge in [-0.25, -0.2) is 13.4 Å². The van der Waals surface area contributed by atoms with E-state index in [1.807, 2.05) is 4.98 Å². The van der Waals surface area contributed by atoms with Crippen molar-refractivity contribution in [1.82, 2.24) is 9.97 Å². The first-order valence-corrected chi connectivity index (χ1v) is 13.2. The first-order chi connectivity index (χ1) is 17.5. The lowest BCUT2D eigenvalue weighted by atomic mass is 10.2.